The molecule has 2 saturated heterocycles. The predicted octanol–water partition coefficient (Wildman–Crippen LogP) is 2.33. The van der Waals surface area contributed by atoms with Crippen LogP contribution in [0.15, 0.2) is 22.8 Å². The quantitative estimate of drug-likeness (QED) is 0.288. The van der Waals surface area contributed by atoms with Crippen molar-refractivity contribution in [1.82, 2.24) is 0 Å². The number of quaternary nitrogens is 1. The number of thiol groups is 1. The first kappa shape index (κ1) is 8.39. The molecular formula is C10H16NS+. The second-order valence-corrected chi connectivity index (χ2v) is 4.13. The lowest BCUT2D eigenvalue weighted by Gasteiger charge is -2.29. The van der Waals surface area contributed by atoms with Gasteiger partial charge in [-0.2, -0.15) is 0 Å². The Bertz CT molecular complexity index is 263. The summed E-state index contributed by atoms with van der Waals surface area (Å²) in [5, 5.41) is 1.99. The van der Waals surface area contributed by atoms with Crippen molar-refractivity contribution in [2.24, 2.45) is 0 Å². The number of fused-ring (bicyclic) bond motifs is 1. The molecule has 12 heavy (non-hydrogen) atoms. The molecule has 0 aromatic carbocycles. The highest BCUT2D eigenvalue weighted by molar-refractivity contribution is 7.83. The molecule has 2 heteroatoms. The maximum atomic E-state index is 4.30. The lowest BCUT2D eigenvalue weighted by Crippen LogP contribution is -2.38. The van der Waals surface area contributed by atoms with Crippen molar-refractivity contribution in [2.75, 3.05) is 13.1 Å². The molecule has 0 spiro atoms. The van der Waals surface area contributed by atoms with Crippen molar-refractivity contribution >= 4 is 12.6 Å². The molecule has 0 saturated carbocycles. The van der Waals surface area contributed by atoms with Crippen molar-refractivity contribution in [1.29, 1.82) is 0 Å². The van der Waals surface area contributed by atoms with Gasteiger partial charge in [0, 0.05) is 11.0 Å². The highest BCUT2D eigenvalue weighted by atomic mass is 32.1. The van der Waals surface area contributed by atoms with Gasteiger partial charge in [-0.3, -0.25) is 4.48 Å². The van der Waals surface area contributed by atoms with E-state index < -0.39 is 0 Å². The normalized spacial score (nSPS) is 40.4. The molecule has 2 fully saturated rings. The molecule has 2 aliphatic heterocycles. The lowest BCUT2D eigenvalue weighted by molar-refractivity contribution is -0.806. The zero-order valence-electron chi connectivity index (χ0n) is 7.75. The molecule has 0 aromatic rings. The Balaban J connectivity index is 2.21. The third-order valence-corrected chi connectivity index (χ3v) is 3.65. The molecular weight excluding hydrogens is 166 g/mol. The fraction of sp³-hybridized carbons (Fsp3) is 0.600. The van der Waals surface area contributed by atoms with E-state index in [1.54, 1.807) is 0 Å². The van der Waals surface area contributed by atoms with E-state index in [1.165, 1.54) is 35.3 Å². The first-order valence-electron chi connectivity index (χ1n) is 4.59. The monoisotopic (exact) mass is 182 g/mol. The van der Waals surface area contributed by atoms with Crippen LogP contribution in [-0.2, 0) is 0 Å². The average Bonchev–Trinajstić information content (AvgIpc) is 2.58. The minimum atomic E-state index is 0.943. The molecule has 66 valence electrons. The molecule has 2 aliphatic rings. The van der Waals surface area contributed by atoms with E-state index >= 15 is 0 Å². The van der Waals surface area contributed by atoms with Crippen LogP contribution in [0.1, 0.15) is 20.3 Å². The van der Waals surface area contributed by atoms with Crippen LogP contribution >= 0.6 is 12.6 Å². The third-order valence-electron chi connectivity index (χ3n) is 3.40. The van der Waals surface area contributed by atoms with E-state index in [-0.39, 0.29) is 0 Å². The largest absolute Gasteiger partial charge is 0.278 e. The van der Waals surface area contributed by atoms with E-state index in [0.29, 0.717) is 0 Å². The highest BCUT2D eigenvalue weighted by Gasteiger charge is 2.65. The number of nitrogens with zero attached hydrogens (tertiary/aromatic N) is 1. The standard InChI is InChI=1S/C10H15NS/c1-3-8(2)10(7-12)11-5-4-9(11)6-11/h3,7,9H,4-6H2,1-2H3/p+1/b8-3-,10-7+. The summed E-state index contributed by atoms with van der Waals surface area (Å²) >= 11 is 4.30. The first-order valence-corrected chi connectivity index (χ1v) is 5.11. The Morgan fingerprint density at radius 2 is 2.33 bits per heavy atom. The molecule has 1 nitrogen and oxygen atoms in total. The third kappa shape index (κ3) is 0.913. The van der Waals surface area contributed by atoms with Crippen LogP contribution in [-0.4, -0.2) is 23.6 Å². The molecule has 2 heterocycles. The van der Waals surface area contributed by atoms with Crippen molar-refractivity contribution in [3.63, 3.8) is 0 Å². The summed E-state index contributed by atoms with van der Waals surface area (Å²) in [5.41, 5.74) is 2.84. The van der Waals surface area contributed by atoms with Gasteiger partial charge in [0.25, 0.3) is 0 Å². The van der Waals surface area contributed by atoms with Gasteiger partial charge in [0.05, 0.1) is 13.0 Å². The number of rotatable bonds is 2. The number of hydrogen-bond donors (Lipinski definition) is 1. The lowest BCUT2D eigenvalue weighted by atomic mass is 10.1. The molecule has 2 atom stereocenters. The van der Waals surface area contributed by atoms with Crippen LogP contribution in [0.3, 0.4) is 0 Å². The van der Waals surface area contributed by atoms with Gasteiger partial charge in [-0.05, 0) is 13.8 Å². The average molecular weight is 182 g/mol. The van der Waals surface area contributed by atoms with E-state index in [4.69, 9.17) is 0 Å². The second-order valence-electron chi connectivity index (χ2n) is 3.87. The fourth-order valence-corrected chi connectivity index (χ4v) is 2.70. The fourth-order valence-electron chi connectivity index (χ4n) is 2.27. The van der Waals surface area contributed by atoms with Gasteiger partial charge in [-0.25, -0.2) is 0 Å². The van der Waals surface area contributed by atoms with E-state index in [1.807, 2.05) is 5.41 Å². The Labute approximate surface area is 79.8 Å². The maximum absolute atomic E-state index is 4.30. The van der Waals surface area contributed by atoms with Crippen molar-refractivity contribution in [3.05, 3.63) is 22.8 Å². The number of allylic oxidation sites excluding steroid dienone is 2. The van der Waals surface area contributed by atoms with Gasteiger partial charge >= 0.3 is 0 Å². The van der Waals surface area contributed by atoms with Crippen LogP contribution in [0.25, 0.3) is 0 Å². The summed E-state index contributed by atoms with van der Waals surface area (Å²) in [5.74, 6) is 0. The molecule has 0 aromatic heterocycles. The zero-order valence-corrected chi connectivity index (χ0v) is 8.64. The molecule has 0 radical (unpaired) electrons. The molecule has 0 aliphatic carbocycles. The highest BCUT2D eigenvalue weighted by Crippen LogP contribution is 2.50. The van der Waals surface area contributed by atoms with E-state index in [2.05, 4.69) is 32.6 Å². The predicted molar refractivity (Wildman–Crippen MR) is 54.9 cm³/mol. The zero-order chi connectivity index (χ0) is 8.77. The van der Waals surface area contributed by atoms with Gasteiger partial charge in [0.1, 0.15) is 18.3 Å². The molecule has 0 N–H and O–H groups in total. The summed E-state index contributed by atoms with van der Waals surface area (Å²) < 4.78 is 1.24. The van der Waals surface area contributed by atoms with E-state index in [9.17, 15) is 0 Å². The van der Waals surface area contributed by atoms with Crippen molar-refractivity contribution < 1.29 is 4.48 Å². The van der Waals surface area contributed by atoms with Crippen molar-refractivity contribution in [3.8, 4) is 0 Å². The Kier molecular flexibility index (Phi) is 1.85. The summed E-state index contributed by atoms with van der Waals surface area (Å²) in [6, 6.07) is 0.943. The number of hydrogen-bond acceptors (Lipinski definition) is 1. The molecule has 0 bridgehead atoms. The van der Waals surface area contributed by atoms with E-state index in [0.717, 1.165) is 6.04 Å². The Morgan fingerprint density at radius 1 is 1.58 bits per heavy atom. The van der Waals surface area contributed by atoms with Crippen molar-refractivity contribution in [2.45, 2.75) is 26.3 Å². The van der Waals surface area contributed by atoms with Gasteiger partial charge < -0.3 is 0 Å². The minimum Gasteiger partial charge on any atom is -0.278 e. The topological polar surface area (TPSA) is 0 Å². The van der Waals surface area contributed by atoms with Crippen LogP contribution < -0.4 is 0 Å². The van der Waals surface area contributed by atoms with Crippen LogP contribution in [0.5, 0.6) is 0 Å². The summed E-state index contributed by atoms with van der Waals surface area (Å²) in [6.07, 6.45) is 3.60. The SMILES string of the molecule is C/C=C(C)\C(=C/S)[N+]12CCC1C2. The summed E-state index contributed by atoms with van der Waals surface area (Å²) in [7, 11) is 0. The molecule has 0 amide bonds. The maximum Gasteiger partial charge on any atom is 0.149 e. The van der Waals surface area contributed by atoms with Gasteiger partial charge in [0.2, 0.25) is 0 Å². The van der Waals surface area contributed by atoms with Crippen LogP contribution in [0, 0.1) is 0 Å². The minimum absolute atomic E-state index is 0.943. The molecule has 2 rings (SSSR count). The van der Waals surface area contributed by atoms with Gasteiger partial charge in [0.15, 0.2) is 0 Å². The van der Waals surface area contributed by atoms with Crippen LogP contribution in [0.2, 0.25) is 0 Å². The second kappa shape index (κ2) is 2.64. The first-order chi connectivity index (χ1) is 5.74. The van der Waals surface area contributed by atoms with Crippen LogP contribution in [0.4, 0.5) is 0 Å². The van der Waals surface area contributed by atoms with Gasteiger partial charge in [-0.1, -0.05) is 6.08 Å². The smallest absolute Gasteiger partial charge is 0.149 e. The summed E-state index contributed by atoms with van der Waals surface area (Å²) in [4.78, 5) is 0. The van der Waals surface area contributed by atoms with Gasteiger partial charge in [-0.15, -0.1) is 12.6 Å². The Hall–Kier alpha value is -0.210. The molecule has 2 unspecified atom stereocenters. The summed E-state index contributed by atoms with van der Waals surface area (Å²) in [6.45, 7) is 6.98. The Morgan fingerprint density at radius 3 is 2.58 bits per heavy atom.